The Morgan fingerprint density at radius 3 is 2.06 bits per heavy atom. The van der Waals surface area contributed by atoms with E-state index in [4.69, 9.17) is 0 Å². The minimum absolute atomic E-state index is 0.000671. The Hall–Kier alpha value is -0.690. The molecule has 1 saturated carbocycles. The molecule has 4 unspecified atom stereocenters. The van der Waals surface area contributed by atoms with Crippen molar-refractivity contribution in [2.24, 2.45) is 11.8 Å². The lowest BCUT2D eigenvalue weighted by atomic mass is 9.75. The largest absolute Gasteiger partial charge is 0.423 e. The zero-order valence-corrected chi connectivity index (χ0v) is 9.51. The van der Waals surface area contributed by atoms with Crippen LogP contribution in [0.5, 0.6) is 0 Å². The summed E-state index contributed by atoms with van der Waals surface area (Å²) in [5, 5.41) is 19.1. The molecule has 18 heavy (non-hydrogen) atoms. The van der Waals surface area contributed by atoms with Crippen LogP contribution >= 0.6 is 0 Å². The highest BCUT2D eigenvalue weighted by Crippen LogP contribution is 2.58. The lowest BCUT2D eigenvalue weighted by Crippen LogP contribution is -2.68. The summed E-state index contributed by atoms with van der Waals surface area (Å²) in [5.74, 6) is -6.07. The smallest absolute Gasteiger partial charge is 0.383 e. The van der Waals surface area contributed by atoms with Crippen molar-refractivity contribution >= 4 is 0 Å². The normalized spacial score (nSPS) is 39.1. The molecule has 0 aliphatic heterocycles. The molecule has 2 N–H and O–H groups in total. The van der Waals surface area contributed by atoms with Gasteiger partial charge in [0.25, 0.3) is 0 Å². The molecule has 0 radical (unpaired) electrons. The van der Waals surface area contributed by atoms with Gasteiger partial charge in [-0.15, -0.1) is 0 Å². The molecule has 0 saturated heterocycles. The second-order valence-electron chi connectivity index (χ2n) is 5.26. The molecule has 2 bridgehead atoms. The van der Waals surface area contributed by atoms with E-state index >= 15 is 0 Å². The van der Waals surface area contributed by atoms with Crippen molar-refractivity contribution in [1.29, 1.82) is 0 Å². The maximum atomic E-state index is 14.0. The van der Waals surface area contributed by atoms with E-state index in [1.807, 2.05) is 0 Å². The molecule has 104 valence electrons. The highest BCUT2D eigenvalue weighted by molar-refractivity contribution is 5.23. The molecular weight excluding hydrogens is 259 g/mol. The van der Waals surface area contributed by atoms with Crippen molar-refractivity contribution in [3.63, 3.8) is 0 Å². The van der Waals surface area contributed by atoms with Crippen molar-refractivity contribution in [3.8, 4) is 0 Å². The average molecular weight is 272 g/mol. The van der Waals surface area contributed by atoms with Gasteiger partial charge < -0.3 is 10.2 Å². The molecule has 7 heteroatoms. The monoisotopic (exact) mass is 272 g/mol. The first kappa shape index (κ1) is 13.7. The summed E-state index contributed by atoms with van der Waals surface area (Å²) in [5.41, 5.74) is -7.10. The van der Waals surface area contributed by atoms with Gasteiger partial charge in [-0.05, 0) is 25.7 Å². The minimum Gasteiger partial charge on any atom is -0.383 e. The molecule has 2 aliphatic rings. The molecule has 0 aromatic rings. The zero-order valence-electron chi connectivity index (χ0n) is 9.51. The fraction of sp³-hybridized carbons (Fsp3) is 0.818. The van der Waals surface area contributed by atoms with E-state index in [9.17, 15) is 32.2 Å². The van der Waals surface area contributed by atoms with Gasteiger partial charge in [0.1, 0.15) is 5.60 Å². The number of allylic oxidation sites excluding steroid dienone is 1. The Kier molecular flexibility index (Phi) is 2.63. The molecule has 2 rings (SSSR count). The third kappa shape index (κ3) is 1.46. The second kappa shape index (κ2) is 3.45. The van der Waals surface area contributed by atoms with Gasteiger partial charge in [0.15, 0.2) is 0 Å². The van der Waals surface area contributed by atoms with Gasteiger partial charge in [0, 0.05) is 5.92 Å². The maximum Gasteiger partial charge on any atom is 0.423 e. The van der Waals surface area contributed by atoms with Crippen LogP contribution in [0.3, 0.4) is 0 Å². The predicted molar refractivity (Wildman–Crippen MR) is 51.9 cm³/mol. The molecule has 0 amide bonds. The van der Waals surface area contributed by atoms with Crippen LogP contribution in [0.4, 0.5) is 22.0 Å². The Morgan fingerprint density at radius 1 is 1.17 bits per heavy atom. The summed E-state index contributed by atoms with van der Waals surface area (Å²) >= 11 is 0. The van der Waals surface area contributed by atoms with Crippen molar-refractivity contribution in [2.75, 3.05) is 0 Å². The van der Waals surface area contributed by atoms with Crippen LogP contribution < -0.4 is 0 Å². The van der Waals surface area contributed by atoms with Gasteiger partial charge in [0.05, 0.1) is 0 Å². The lowest BCUT2D eigenvalue weighted by Gasteiger charge is -2.45. The van der Waals surface area contributed by atoms with Crippen LogP contribution in [0, 0.1) is 11.8 Å². The van der Waals surface area contributed by atoms with Gasteiger partial charge in [-0.25, -0.2) is 0 Å². The first-order valence-electron chi connectivity index (χ1n) is 5.51. The number of fused-ring (bicyclic) bond motifs is 2. The topological polar surface area (TPSA) is 40.5 Å². The van der Waals surface area contributed by atoms with E-state index in [0.29, 0.717) is 0 Å². The van der Waals surface area contributed by atoms with Gasteiger partial charge in [-0.3, -0.25) is 0 Å². The number of hydrogen-bond donors (Lipinski definition) is 2. The molecular formula is C11H13F5O2. The Bertz CT molecular complexity index is 387. The number of halogens is 5. The highest BCUT2D eigenvalue weighted by Gasteiger charge is 2.76. The van der Waals surface area contributed by atoms with Crippen LogP contribution in [0.1, 0.15) is 19.8 Å². The summed E-state index contributed by atoms with van der Waals surface area (Å²) in [6.45, 7) is 0.000671. The fourth-order valence-electron chi connectivity index (χ4n) is 2.79. The van der Waals surface area contributed by atoms with E-state index in [1.165, 1.54) is 6.08 Å². The van der Waals surface area contributed by atoms with Crippen LogP contribution in [-0.2, 0) is 0 Å². The molecule has 0 aromatic carbocycles. The molecule has 4 atom stereocenters. The zero-order chi connectivity index (χ0) is 14.0. The standard InChI is InChI=1S/C11H13F5O2/c1-8(17,11(14,15)16)10(12,13)9(18)5-6-2-3-7(9)4-6/h2-3,6-7,17-18H,4-5H2,1H3. The molecule has 1 fully saturated rings. The summed E-state index contributed by atoms with van der Waals surface area (Å²) in [7, 11) is 0. The van der Waals surface area contributed by atoms with E-state index < -0.39 is 35.6 Å². The van der Waals surface area contributed by atoms with Crippen LogP contribution in [0.25, 0.3) is 0 Å². The van der Waals surface area contributed by atoms with Crippen LogP contribution in [-0.4, -0.2) is 33.5 Å². The van der Waals surface area contributed by atoms with Crippen molar-refractivity contribution in [3.05, 3.63) is 12.2 Å². The van der Waals surface area contributed by atoms with E-state index in [-0.39, 0.29) is 19.3 Å². The molecule has 2 nitrogen and oxygen atoms in total. The van der Waals surface area contributed by atoms with Crippen molar-refractivity contribution in [2.45, 2.75) is 43.1 Å². The minimum atomic E-state index is -5.52. The fourth-order valence-corrected chi connectivity index (χ4v) is 2.79. The van der Waals surface area contributed by atoms with Gasteiger partial charge in [-0.2, -0.15) is 22.0 Å². The SMILES string of the molecule is CC(O)(C(F)(F)F)C(F)(F)C1(O)CC2C=CC1C2. The first-order valence-corrected chi connectivity index (χ1v) is 5.51. The average Bonchev–Trinajstić information content (AvgIpc) is 2.75. The summed E-state index contributed by atoms with van der Waals surface area (Å²) in [4.78, 5) is 0. The number of alkyl halides is 5. The summed E-state index contributed by atoms with van der Waals surface area (Å²) < 4.78 is 65.6. The predicted octanol–water partition coefficient (Wildman–Crippen LogP) is 2.26. The van der Waals surface area contributed by atoms with E-state index in [1.54, 1.807) is 6.08 Å². The molecule has 0 spiro atoms. The summed E-state index contributed by atoms with van der Waals surface area (Å²) in [6.07, 6.45) is -2.88. The number of rotatable bonds is 2. The molecule has 0 aromatic heterocycles. The quantitative estimate of drug-likeness (QED) is 0.598. The number of aliphatic hydroxyl groups is 2. The van der Waals surface area contributed by atoms with E-state index in [0.717, 1.165) is 0 Å². The Labute approximate surface area is 100 Å². The Morgan fingerprint density at radius 2 is 1.72 bits per heavy atom. The highest BCUT2D eigenvalue weighted by atomic mass is 19.4. The van der Waals surface area contributed by atoms with Gasteiger partial charge >= 0.3 is 12.1 Å². The van der Waals surface area contributed by atoms with Crippen LogP contribution in [0.2, 0.25) is 0 Å². The van der Waals surface area contributed by atoms with Gasteiger partial charge in [-0.1, -0.05) is 12.2 Å². The molecule has 2 aliphatic carbocycles. The summed E-state index contributed by atoms with van der Waals surface area (Å²) in [6, 6.07) is 0. The lowest BCUT2D eigenvalue weighted by molar-refractivity contribution is -0.364. The first-order chi connectivity index (χ1) is 7.93. The van der Waals surface area contributed by atoms with Gasteiger partial charge in [0.2, 0.25) is 5.60 Å². The maximum absolute atomic E-state index is 14.0. The van der Waals surface area contributed by atoms with Crippen molar-refractivity contribution < 1.29 is 32.2 Å². The third-order valence-corrected chi connectivity index (χ3v) is 4.07. The van der Waals surface area contributed by atoms with Crippen LogP contribution in [0.15, 0.2) is 12.2 Å². The number of hydrogen-bond acceptors (Lipinski definition) is 2. The Balaban J connectivity index is 2.40. The van der Waals surface area contributed by atoms with E-state index in [2.05, 4.69) is 0 Å². The second-order valence-corrected chi connectivity index (χ2v) is 5.26. The van der Waals surface area contributed by atoms with Crippen molar-refractivity contribution in [1.82, 2.24) is 0 Å². The molecule has 0 heterocycles. The third-order valence-electron chi connectivity index (χ3n) is 4.07.